The smallest absolute Gasteiger partial charge is 1.00 e. The molecule has 0 amide bonds. The van der Waals surface area contributed by atoms with E-state index in [-0.39, 0.29) is 40.0 Å². The van der Waals surface area contributed by atoms with Gasteiger partial charge in [-0.05, 0) is 0 Å². The molecule has 0 nitrogen and oxygen atoms in total. The van der Waals surface area contributed by atoms with Gasteiger partial charge in [-0.1, -0.05) is 12.5 Å². The quantitative estimate of drug-likeness (QED) is 0.185. The Hall–Kier alpha value is 0.186. The first-order chi connectivity index (χ1) is 5.04. The van der Waals surface area contributed by atoms with Gasteiger partial charge in [0.1, 0.15) is 0 Å². The van der Waals surface area contributed by atoms with E-state index in [1.807, 2.05) is 0 Å². The van der Waals surface area contributed by atoms with Gasteiger partial charge in [0.15, 0.2) is 0 Å². The van der Waals surface area contributed by atoms with Crippen LogP contribution in [-0.2, 0) is 0 Å². The van der Waals surface area contributed by atoms with Crippen molar-refractivity contribution < 1.29 is 34.5 Å². The second-order valence-corrected chi connectivity index (χ2v) is 2.01. The molecule has 0 heterocycles. The van der Waals surface area contributed by atoms with E-state index in [1.54, 1.807) is 0 Å². The van der Waals surface area contributed by atoms with Crippen molar-refractivity contribution in [1.82, 2.24) is 0 Å². The summed E-state index contributed by atoms with van der Waals surface area (Å²) < 4.78 is 49.0. The van der Waals surface area contributed by atoms with Crippen LogP contribution in [0.25, 0.3) is 0 Å². The van der Waals surface area contributed by atoms with E-state index in [4.69, 9.17) is 0 Å². The van der Waals surface area contributed by atoms with Crippen molar-refractivity contribution >= 4 is 23.1 Å². The monoisotopic (exact) mass is 266 g/mol. The minimum atomic E-state index is -1.69. The van der Waals surface area contributed by atoms with Crippen LogP contribution in [0.4, 0.5) is 17.6 Å². The number of halogens is 5. The molecule has 0 aliphatic heterocycles. The van der Waals surface area contributed by atoms with Gasteiger partial charge in [0.2, 0.25) is 0 Å². The van der Waals surface area contributed by atoms with Crippen LogP contribution in [0, 0.1) is 36.3 Å². The Balaban J connectivity index is 0. The molecule has 13 heavy (non-hydrogen) atoms. The second-order valence-electron chi connectivity index (χ2n) is 2.01. The maximum absolute atomic E-state index is 12.4. The van der Waals surface area contributed by atoms with Crippen molar-refractivity contribution in [2.24, 2.45) is 0 Å². The predicted molar refractivity (Wildman–Crippen MR) is 35.6 cm³/mol. The Morgan fingerprint density at radius 1 is 0.923 bits per heavy atom. The van der Waals surface area contributed by atoms with E-state index in [0.29, 0.717) is 0 Å². The van der Waals surface area contributed by atoms with Crippen LogP contribution in [0.5, 0.6) is 0 Å². The summed E-state index contributed by atoms with van der Waals surface area (Å²) >= 11 is 0. The van der Waals surface area contributed by atoms with Gasteiger partial charge >= 0.3 is 23.1 Å². The molecule has 1 aromatic rings. The van der Waals surface area contributed by atoms with Gasteiger partial charge in [0.05, 0.1) is 17.5 Å². The Labute approximate surface area is 99.2 Å². The number of rotatable bonds is 0. The topological polar surface area (TPSA) is 0 Å². The molecule has 0 saturated carbocycles. The SMILES string of the molecule is Cc1c(F)[c-]c(F)c(F)c1F.[Br-].[Mg+2]. The zero-order chi connectivity index (χ0) is 8.59. The summed E-state index contributed by atoms with van der Waals surface area (Å²) in [5.41, 5.74) is -0.566. The molecule has 0 bridgehead atoms. The fraction of sp³-hybridized carbons (Fsp3) is 0.143. The van der Waals surface area contributed by atoms with Crippen LogP contribution < -0.4 is 17.0 Å². The molecule has 0 N–H and O–H groups in total. The molecule has 68 valence electrons. The first-order valence-electron chi connectivity index (χ1n) is 2.76. The number of benzene rings is 1. The third-order valence-electron chi connectivity index (χ3n) is 1.26. The average molecular weight is 267 g/mol. The molecule has 1 aromatic carbocycles. The summed E-state index contributed by atoms with van der Waals surface area (Å²) in [6.45, 7) is 1.00. The van der Waals surface area contributed by atoms with E-state index in [9.17, 15) is 17.6 Å². The maximum atomic E-state index is 12.4. The molecule has 0 saturated heterocycles. The fourth-order valence-corrected chi connectivity index (χ4v) is 0.602. The Morgan fingerprint density at radius 3 is 1.85 bits per heavy atom. The van der Waals surface area contributed by atoms with Crippen LogP contribution in [-0.4, -0.2) is 23.1 Å². The summed E-state index contributed by atoms with van der Waals surface area (Å²) in [6.07, 6.45) is 0. The molecule has 0 unspecified atom stereocenters. The van der Waals surface area contributed by atoms with Gasteiger partial charge in [-0.15, -0.1) is 6.07 Å². The molecular weight excluding hydrogens is 264 g/mol. The molecule has 0 spiro atoms. The number of hydrogen-bond acceptors (Lipinski definition) is 0. The molecule has 0 atom stereocenters. The third kappa shape index (κ3) is 3.10. The Kier molecular flexibility index (Phi) is 7.01. The normalized spacial score (nSPS) is 8.69. The van der Waals surface area contributed by atoms with E-state index in [2.05, 4.69) is 0 Å². The first kappa shape index (κ1) is 15.6. The molecule has 1 rings (SSSR count). The maximum Gasteiger partial charge on any atom is 2.00 e. The molecular formula is C7H3BrF4Mg. The Morgan fingerprint density at radius 2 is 1.38 bits per heavy atom. The second kappa shape index (κ2) is 5.82. The summed E-state index contributed by atoms with van der Waals surface area (Å²) in [6, 6.07) is 1.40. The average Bonchev–Trinajstić information content (AvgIpc) is 1.97. The zero-order valence-electron chi connectivity index (χ0n) is 6.60. The third-order valence-corrected chi connectivity index (χ3v) is 1.26. The fourth-order valence-electron chi connectivity index (χ4n) is 0.602. The van der Waals surface area contributed by atoms with E-state index in [1.165, 1.54) is 6.07 Å². The van der Waals surface area contributed by atoms with Gasteiger partial charge in [-0.3, -0.25) is 4.39 Å². The summed E-state index contributed by atoms with van der Waals surface area (Å²) in [5.74, 6) is -6.03. The van der Waals surface area contributed by atoms with Gasteiger partial charge in [-0.2, -0.15) is 0 Å². The van der Waals surface area contributed by atoms with Crippen molar-refractivity contribution in [2.75, 3.05) is 0 Å². The van der Waals surface area contributed by atoms with E-state index < -0.39 is 28.8 Å². The molecule has 0 aromatic heterocycles. The molecule has 6 heteroatoms. The van der Waals surface area contributed by atoms with Crippen LogP contribution in [0.3, 0.4) is 0 Å². The van der Waals surface area contributed by atoms with Crippen LogP contribution in [0.15, 0.2) is 0 Å². The summed E-state index contributed by atoms with van der Waals surface area (Å²) in [7, 11) is 0. The van der Waals surface area contributed by atoms with E-state index in [0.717, 1.165) is 6.92 Å². The molecule has 0 aliphatic rings. The van der Waals surface area contributed by atoms with Gasteiger partial charge in [0.25, 0.3) is 0 Å². The minimum Gasteiger partial charge on any atom is -1.00 e. The van der Waals surface area contributed by atoms with Gasteiger partial charge in [-0.25, -0.2) is 13.2 Å². The van der Waals surface area contributed by atoms with Crippen molar-refractivity contribution in [3.8, 4) is 0 Å². The van der Waals surface area contributed by atoms with Crippen LogP contribution in [0.2, 0.25) is 0 Å². The predicted octanol–water partition coefficient (Wildman–Crippen LogP) is -1.03. The van der Waals surface area contributed by atoms with Crippen molar-refractivity contribution in [3.05, 3.63) is 34.9 Å². The first-order valence-corrected chi connectivity index (χ1v) is 2.76. The van der Waals surface area contributed by atoms with Crippen molar-refractivity contribution in [2.45, 2.75) is 6.92 Å². The number of hydrogen-bond donors (Lipinski definition) is 0. The van der Waals surface area contributed by atoms with Crippen LogP contribution in [0.1, 0.15) is 5.56 Å². The summed E-state index contributed by atoms with van der Waals surface area (Å²) in [4.78, 5) is 0. The minimum absolute atomic E-state index is 0. The van der Waals surface area contributed by atoms with Gasteiger partial charge < -0.3 is 17.0 Å². The van der Waals surface area contributed by atoms with Crippen LogP contribution >= 0.6 is 0 Å². The van der Waals surface area contributed by atoms with E-state index >= 15 is 0 Å². The molecule has 0 fully saturated rings. The zero-order valence-corrected chi connectivity index (χ0v) is 9.60. The van der Waals surface area contributed by atoms with Gasteiger partial charge in [0, 0.05) is 5.82 Å². The largest absolute Gasteiger partial charge is 2.00 e. The van der Waals surface area contributed by atoms with Crippen molar-refractivity contribution in [1.29, 1.82) is 0 Å². The van der Waals surface area contributed by atoms with Crippen molar-refractivity contribution in [3.63, 3.8) is 0 Å². The standard InChI is InChI=1S/C7H3F4.BrH.Mg/c1-3-4(8)2-5(9)7(11)6(3)10;;/h1H3;1H;/q-1;;+2/p-1. The Bertz CT molecular complexity index is 277. The molecule has 0 aliphatic carbocycles. The molecule has 0 radical (unpaired) electrons. The summed E-state index contributed by atoms with van der Waals surface area (Å²) in [5, 5.41) is 0.